The predicted molar refractivity (Wildman–Crippen MR) is 84.5 cm³/mol. The van der Waals surface area contributed by atoms with Crippen LogP contribution in [-0.4, -0.2) is 16.5 Å². The van der Waals surface area contributed by atoms with E-state index in [1.165, 1.54) is 11.6 Å². The number of hydrogen-bond acceptors (Lipinski definition) is 3. The molecule has 3 rings (SSSR count). The van der Waals surface area contributed by atoms with Gasteiger partial charge in [0, 0.05) is 29.1 Å². The molecule has 0 amide bonds. The van der Waals surface area contributed by atoms with Crippen molar-refractivity contribution in [1.29, 1.82) is 0 Å². The van der Waals surface area contributed by atoms with Gasteiger partial charge in [-0.25, -0.2) is 14.4 Å². The molecule has 1 aromatic heterocycles. The highest BCUT2D eigenvalue weighted by Crippen LogP contribution is 2.30. The maximum Gasteiger partial charge on any atom is 0.159 e. The average molecular weight is 350 g/mol. The molecule has 0 saturated carbocycles. The SMILES string of the molecule is CCNC1CCCc2nc(-c3ccc(F)c(Br)c3)ncc21. The Balaban J connectivity index is 1.97. The summed E-state index contributed by atoms with van der Waals surface area (Å²) in [5.74, 6) is 0.385. The number of hydrogen-bond donors (Lipinski definition) is 1. The Morgan fingerprint density at radius 2 is 2.29 bits per heavy atom. The van der Waals surface area contributed by atoms with Crippen molar-refractivity contribution < 1.29 is 4.39 Å². The first kappa shape index (κ1) is 14.6. The molecule has 0 radical (unpaired) electrons. The van der Waals surface area contributed by atoms with E-state index in [0.717, 1.165) is 37.1 Å². The van der Waals surface area contributed by atoms with Crippen LogP contribution in [0.4, 0.5) is 4.39 Å². The number of nitrogens with zero attached hydrogens (tertiary/aromatic N) is 2. The summed E-state index contributed by atoms with van der Waals surface area (Å²) in [6.45, 7) is 3.05. The molecule has 0 spiro atoms. The molecule has 1 aromatic carbocycles. The van der Waals surface area contributed by atoms with Gasteiger partial charge in [0.05, 0.1) is 4.47 Å². The zero-order valence-corrected chi connectivity index (χ0v) is 13.5. The van der Waals surface area contributed by atoms with Crippen LogP contribution in [0, 0.1) is 5.82 Å². The Labute approximate surface area is 132 Å². The molecule has 1 atom stereocenters. The van der Waals surface area contributed by atoms with E-state index >= 15 is 0 Å². The molecule has 0 saturated heterocycles. The van der Waals surface area contributed by atoms with E-state index in [1.807, 2.05) is 6.20 Å². The lowest BCUT2D eigenvalue weighted by atomic mass is 9.92. The molecule has 110 valence electrons. The van der Waals surface area contributed by atoms with E-state index in [0.29, 0.717) is 16.3 Å². The molecule has 5 heteroatoms. The van der Waals surface area contributed by atoms with E-state index in [9.17, 15) is 4.39 Å². The summed E-state index contributed by atoms with van der Waals surface area (Å²) in [6.07, 6.45) is 5.16. The van der Waals surface area contributed by atoms with E-state index in [4.69, 9.17) is 4.98 Å². The van der Waals surface area contributed by atoms with Crippen molar-refractivity contribution in [2.75, 3.05) is 6.54 Å². The van der Waals surface area contributed by atoms with Gasteiger partial charge >= 0.3 is 0 Å². The second-order valence-electron chi connectivity index (χ2n) is 5.23. The Morgan fingerprint density at radius 1 is 1.43 bits per heavy atom. The molecule has 1 heterocycles. The van der Waals surface area contributed by atoms with Crippen molar-refractivity contribution in [2.24, 2.45) is 0 Å². The minimum atomic E-state index is -0.274. The standard InChI is InChI=1S/C16H17BrFN3/c1-2-19-14-4-3-5-15-11(14)9-20-16(21-15)10-6-7-13(18)12(17)8-10/h6-9,14,19H,2-5H2,1H3. The van der Waals surface area contributed by atoms with E-state index in [1.54, 1.807) is 12.1 Å². The Bertz CT molecular complexity index is 660. The topological polar surface area (TPSA) is 37.8 Å². The Hall–Kier alpha value is -1.33. The van der Waals surface area contributed by atoms with Gasteiger partial charge < -0.3 is 5.32 Å². The number of aryl methyl sites for hydroxylation is 1. The van der Waals surface area contributed by atoms with Crippen LogP contribution in [0.15, 0.2) is 28.9 Å². The van der Waals surface area contributed by atoms with Crippen molar-refractivity contribution in [3.63, 3.8) is 0 Å². The quantitative estimate of drug-likeness (QED) is 0.908. The summed E-state index contributed by atoms with van der Waals surface area (Å²) >= 11 is 3.21. The van der Waals surface area contributed by atoms with Gasteiger partial charge in [0.2, 0.25) is 0 Å². The van der Waals surface area contributed by atoms with Gasteiger partial charge in [0.1, 0.15) is 5.82 Å². The molecule has 0 fully saturated rings. The molecule has 21 heavy (non-hydrogen) atoms. The maximum atomic E-state index is 13.3. The fourth-order valence-electron chi connectivity index (χ4n) is 2.78. The summed E-state index contributed by atoms with van der Waals surface area (Å²) < 4.78 is 13.8. The molecular weight excluding hydrogens is 333 g/mol. The number of benzene rings is 1. The van der Waals surface area contributed by atoms with Crippen LogP contribution in [0.3, 0.4) is 0 Å². The van der Waals surface area contributed by atoms with Gasteiger partial charge in [0.15, 0.2) is 5.82 Å². The van der Waals surface area contributed by atoms with Crippen molar-refractivity contribution >= 4 is 15.9 Å². The normalized spacial score (nSPS) is 17.6. The van der Waals surface area contributed by atoms with Crippen LogP contribution in [0.25, 0.3) is 11.4 Å². The largest absolute Gasteiger partial charge is 0.310 e. The van der Waals surface area contributed by atoms with Gasteiger partial charge in [-0.2, -0.15) is 0 Å². The summed E-state index contributed by atoms with van der Waals surface area (Å²) in [4.78, 5) is 9.16. The van der Waals surface area contributed by atoms with Crippen LogP contribution in [0.2, 0.25) is 0 Å². The van der Waals surface area contributed by atoms with Crippen LogP contribution < -0.4 is 5.32 Å². The predicted octanol–water partition coefficient (Wildman–Crippen LogP) is 4.03. The van der Waals surface area contributed by atoms with Gasteiger partial charge in [0.25, 0.3) is 0 Å². The lowest BCUT2D eigenvalue weighted by molar-refractivity contribution is 0.464. The molecule has 0 aliphatic heterocycles. The minimum Gasteiger partial charge on any atom is -0.310 e. The molecule has 1 aliphatic rings. The van der Waals surface area contributed by atoms with E-state index in [2.05, 4.69) is 33.2 Å². The number of aromatic nitrogens is 2. The molecule has 1 aliphatic carbocycles. The van der Waals surface area contributed by atoms with Crippen LogP contribution >= 0.6 is 15.9 Å². The third-order valence-electron chi connectivity index (χ3n) is 3.81. The third-order valence-corrected chi connectivity index (χ3v) is 4.42. The first-order valence-corrected chi connectivity index (χ1v) is 8.03. The smallest absolute Gasteiger partial charge is 0.159 e. The second-order valence-corrected chi connectivity index (χ2v) is 6.08. The zero-order chi connectivity index (χ0) is 14.8. The number of nitrogens with one attached hydrogen (secondary N) is 1. The molecule has 1 unspecified atom stereocenters. The zero-order valence-electron chi connectivity index (χ0n) is 11.9. The second kappa shape index (κ2) is 6.20. The minimum absolute atomic E-state index is 0.274. The highest BCUT2D eigenvalue weighted by Gasteiger charge is 2.21. The molecule has 3 nitrogen and oxygen atoms in total. The van der Waals surface area contributed by atoms with Gasteiger partial charge in [-0.1, -0.05) is 6.92 Å². The average Bonchev–Trinajstić information content (AvgIpc) is 2.50. The molecule has 1 N–H and O–H groups in total. The van der Waals surface area contributed by atoms with Crippen molar-refractivity contribution in [2.45, 2.75) is 32.2 Å². The first-order valence-electron chi connectivity index (χ1n) is 7.23. The summed E-state index contributed by atoms with van der Waals surface area (Å²) in [6, 6.07) is 5.23. The van der Waals surface area contributed by atoms with Crippen molar-refractivity contribution in [1.82, 2.24) is 15.3 Å². The van der Waals surface area contributed by atoms with E-state index < -0.39 is 0 Å². The fraction of sp³-hybridized carbons (Fsp3) is 0.375. The number of rotatable bonds is 3. The summed E-state index contributed by atoms with van der Waals surface area (Å²) in [5.41, 5.74) is 3.14. The lowest BCUT2D eigenvalue weighted by Gasteiger charge is -2.25. The summed E-state index contributed by atoms with van der Waals surface area (Å²) in [7, 11) is 0. The van der Waals surface area contributed by atoms with E-state index in [-0.39, 0.29) is 5.82 Å². The van der Waals surface area contributed by atoms with Gasteiger partial charge in [-0.05, 0) is 59.9 Å². The molecular formula is C16H17BrFN3. The van der Waals surface area contributed by atoms with Crippen molar-refractivity contribution in [3.05, 3.63) is 45.9 Å². The monoisotopic (exact) mass is 349 g/mol. The first-order chi connectivity index (χ1) is 10.2. The lowest BCUT2D eigenvalue weighted by Crippen LogP contribution is -2.25. The summed E-state index contributed by atoms with van der Waals surface area (Å²) in [5, 5.41) is 3.48. The molecule has 2 aromatic rings. The highest BCUT2D eigenvalue weighted by atomic mass is 79.9. The number of halogens is 2. The van der Waals surface area contributed by atoms with Gasteiger partial charge in [-0.15, -0.1) is 0 Å². The van der Waals surface area contributed by atoms with Crippen LogP contribution in [0.5, 0.6) is 0 Å². The van der Waals surface area contributed by atoms with Crippen LogP contribution in [0.1, 0.15) is 37.1 Å². The number of fused-ring (bicyclic) bond motifs is 1. The highest BCUT2D eigenvalue weighted by molar-refractivity contribution is 9.10. The molecule has 0 bridgehead atoms. The Morgan fingerprint density at radius 3 is 3.05 bits per heavy atom. The third kappa shape index (κ3) is 2.99. The van der Waals surface area contributed by atoms with Gasteiger partial charge in [-0.3, -0.25) is 0 Å². The maximum absolute atomic E-state index is 13.3. The van der Waals surface area contributed by atoms with Crippen molar-refractivity contribution in [3.8, 4) is 11.4 Å². The Kier molecular flexibility index (Phi) is 4.31. The van der Waals surface area contributed by atoms with Crippen LogP contribution in [-0.2, 0) is 6.42 Å². The fourth-order valence-corrected chi connectivity index (χ4v) is 3.16.